The molecule has 3 aromatic rings. The maximum Gasteiger partial charge on any atom is 0.573 e. The Balaban J connectivity index is 1.24. The number of hydrogen-bond acceptors (Lipinski definition) is 7. The number of halogens is 3. The van der Waals surface area contributed by atoms with Crippen molar-refractivity contribution in [3.05, 3.63) is 54.5 Å². The summed E-state index contributed by atoms with van der Waals surface area (Å²) in [5.41, 5.74) is 1.67. The second kappa shape index (κ2) is 11.3. The predicted molar refractivity (Wildman–Crippen MR) is 136 cm³/mol. The summed E-state index contributed by atoms with van der Waals surface area (Å²) in [5, 5.41) is 12.6. The number of nitriles is 1. The van der Waals surface area contributed by atoms with Crippen molar-refractivity contribution < 1.29 is 22.3 Å². The number of nitrogens with zero attached hydrogens (tertiary/aromatic N) is 4. The number of piperidine rings is 1. The number of hydrogen-bond donors (Lipinski definition) is 1. The number of benzene rings is 1. The summed E-state index contributed by atoms with van der Waals surface area (Å²) in [6.07, 6.45) is 6.04. The average molecular weight is 526 g/mol. The Morgan fingerprint density at radius 1 is 1.11 bits per heavy atom. The highest BCUT2D eigenvalue weighted by atomic mass is 19.4. The highest BCUT2D eigenvalue weighted by molar-refractivity contribution is 5.65. The molecule has 0 unspecified atom stereocenters. The number of rotatable bonds is 7. The summed E-state index contributed by atoms with van der Waals surface area (Å²) in [7, 11) is 0. The van der Waals surface area contributed by atoms with E-state index in [9.17, 15) is 18.4 Å². The lowest BCUT2D eigenvalue weighted by Crippen LogP contribution is -2.39. The minimum atomic E-state index is -4.80. The van der Waals surface area contributed by atoms with Gasteiger partial charge < -0.3 is 19.4 Å². The fourth-order valence-corrected chi connectivity index (χ4v) is 5.78. The maximum absolute atomic E-state index is 12.8. The van der Waals surface area contributed by atoms with Crippen LogP contribution in [-0.4, -0.2) is 35.5 Å². The molecule has 200 valence electrons. The lowest BCUT2D eigenvalue weighted by atomic mass is 9.77. The van der Waals surface area contributed by atoms with Crippen LogP contribution >= 0.6 is 0 Å². The van der Waals surface area contributed by atoms with Crippen LogP contribution in [0.5, 0.6) is 5.75 Å². The molecule has 0 bridgehead atoms. The van der Waals surface area contributed by atoms with Crippen molar-refractivity contribution in [2.24, 2.45) is 11.8 Å². The van der Waals surface area contributed by atoms with Crippen molar-refractivity contribution in [2.75, 3.05) is 23.3 Å². The standard InChI is InChI=1S/C28H30F3N5O2/c29-28(30,31)38-25-10-4-2-8-23(25)26-17-34-27(37-26)35-24-9-3-1-7-20(24)14-19-6-5-13-36(18-19)22-11-12-33-21(15-22)16-32/h2,4,8,10-12,15,17,19-20,24H,1,3,5-7,9,13-14,18H2,(H,34,35)/t19-,20+,24-/m1/s1. The van der Waals surface area contributed by atoms with Crippen LogP contribution in [-0.2, 0) is 0 Å². The van der Waals surface area contributed by atoms with Gasteiger partial charge >= 0.3 is 6.36 Å². The second-order valence-corrected chi connectivity index (χ2v) is 10.1. The Morgan fingerprint density at radius 3 is 2.79 bits per heavy atom. The van der Waals surface area contributed by atoms with E-state index in [0.29, 0.717) is 23.5 Å². The van der Waals surface area contributed by atoms with Gasteiger partial charge in [-0.2, -0.15) is 5.26 Å². The van der Waals surface area contributed by atoms with Gasteiger partial charge in [0.1, 0.15) is 17.5 Å². The molecule has 1 aliphatic carbocycles. The number of aromatic nitrogens is 2. The fraction of sp³-hybridized carbons (Fsp3) is 0.464. The number of para-hydroxylation sites is 1. The van der Waals surface area contributed by atoms with Crippen LogP contribution in [0.3, 0.4) is 0 Å². The van der Waals surface area contributed by atoms with E-state index in [2.05, 4.69) is 31.0 Å². The average Bonchev–Trinajstić information content (AvgIpc) is 3.38. The molecule has 0 radical (unpaired) electrons. The van der Waals surface area contributed by atoms with E-state index in [1.54, 1.807) is 12.3 Å². The number of pyridine rings is 1. The van der Waals surface area contributed by atoms with Gasteiger partial charge in [-0.25, -0.2) is 9.97 Å². The number of oxazole rings is 1. The molecule has 2 aliphatic rings. The van der Waals surface area contributed by atoms with Gasteiger partial charge in [0.05, 0.1) is 11.8 Å². The van der Waals surface area contributed by atoms with Crippen molar-refractivity contribution in [2.45, 2.75) is 57.3 Å². The van der Waals surface area contributed by atoms with Gasteiger partial charge in [0.2, 0.25) is 0 Å². The van der Waals surface area contributed by atoms with Gasteiger partial charge in [0.15, 0.2) is 5.76 Å². The zero-order chi connectivity index (χ0) is 26.5. The largest absolute Gasteiger partial charge is 0.573 e. The SMILES string of the molecule is N#Cc1cc(N2CCC[C@H](C[C@@H]3CCCC[C@H]3Nc3ncc(-c4ccccc4OC(F)(F)F)o3)C2)ccn1. The van der Waals surface area contributed by atoms with Crippen LogP contribution in [0.15, 0.2) is 53.2 Å². The lowest BCUT2D eigenvalue weighted by molar-refractivity contribution is -0.274. The van der Waals surface area contributed by atoms with E-state index in [1.165, 1.54) is 30.8 Å². The third kappa shape index (κ3) is 6.39. The maximum atomic E-state index is 12.8. The Hall–Kier alpha value is -3.74. The van der Waals surface area contributed by atoms with Crippen molar-refractivity contribution in [1.29, 1.82) is 5.26 Å². The lowest BCUT2D eigenvalue weighted by Gasteiger charge is -2.39. The number of nitrogens with one attached hydrogen (secondary N) is 1. The third-order valence-electron chi connectivity index (χ3n) is 7.48. The summed E-state index contributed by atoms with van der Waals surface area (Å²) in [6, 6.07) is 12.3. The Morgan fingerprint density at radius 2 is 1.95 bits per heavy atom. The molecule has 5 rings (SSSR count). The van der Waals surface area contributed by atoms with E-state index in [4.69, 9.17) is 4.42 Å². The Kier molecular flexibility index (Phi) is 7.72. The first-order valence-electron chi connectivity index (χ1n) is 13.1. The first-order chi connectivity index (χ1) is 18.4. The number of anilines is 2. The molecule has 3 heterocycles. The van der Waals surface area contributed by atoms with E-state index in [1.807, 2.05) is 12.1 Å². The highest BCUT2D eigenvalue weighted by Gasteiger charge is 2.33. The van der Waals surface area contributed by atoms with Gasteiger partial charge in [-0.1, -0.05) is 25.0 Å². The molecular weight excluding hydrogens is 495 g/mol. The van der Waals surface area contributed by atoms with Crippen LogP contribution in [0.25, 0.3) is 11.3 Å². The molecule has 1 N–H and O–H groups in total. The summed E-state index contributed by atoms with van der Waals surface area (Å²) < 4.78 is 48.5. The molecule has 10 heteroatoms. The van der Waals surface area contributed by atoms with Crippen LogP contribution in [0.2, 0.25) is 0 Å². The topological polar surface area (TPSA) is 87.2 Å². The summed E-state index contributed by atoms with van der Waals surface area (Å²) in [4.78, 5) is 10.8. The van der Waals surface area contributed by atoms with Gasteiger partial charge in [0.25, 0.3) is 6.01 Å². The number of alkyl halides is 3. The van der Waals surface area contributed by atoms with Crippen LogP contribution in [0.1, 0.15) is 50.6 Å². The first kappa shape index (κ1) is 25.9. The second-order valence-electron chi connectivity index (χ2n) is 10.1. The monoisotopic (exact) mass is 525 g/mol. The van der Waals surface area contributed by atoms with Crippen LogP contribution in [0, 0.1) is 23.2 Å². The molecule has 1 saturated carbocycles. The van der Waals surface area contributed by atoms with Crippen molar-refractivity contribution in [3.63, 3.8) is 0 Å². The molecule has 1 aliphatic heterocycles. The molecule has 1 aromatic carbocycles. The van der Waals surface area contributed by atoms with Gasteiger partial charge in [-0.15, -0.1) is 13.2 Å². The zero-order valence-electron chi connectivity index (χ0n) is 21.0. The molecular formula is C28H30F3N5O2. The first-order valence-corrected chi connectivity index (χ1v) is 13.1. The van der Waals surface area contributed by atoms with E-state index in [0.717, 1.165) is 57.3 Å². The minimum absolute atomic E-state index is 0.179. The van der Waals surface area contributed by atoms with Gasteiger partial charge in [-0.3, -0.25) is 0 Å². The Bertz CT molecular complexity index is 1270. The quantitative estimate of drug-likeness (QED) is 0.364. The summed E-state index contributed by atoms with van der Waals surface area (Å²) in [6.45, 7) is 1.91. The number of ether oxygens (including phenoxy) is 1. The summed E-state index contributed by atoms with van der Waals surface area (Å²) in [5.74, 6) is 0.867. The molecule has 0 spiro atoms. The molecule has 38 heavy (non-hydrogen) atoms. The van der Waals surface area contributed by atoms with Gasteiger partial charge in [-0.05, 0) is 68.2 Å². The smallest absolute Gasteiger partial charge is 0.423 e. The summed E-state index contributed by atoms with van der Waals surface area (Å²) >= 11 is 0. The third-order valence-corrected chi connectivity index (χ3v) is 7.48. The molecule has 7 nitrogen and oxygen atoms in total. The Labute approximate surface area is 219 Å². The minimum Gasteiger partial charge on any atom is -0.423 e. The van der Waals surface area contributed by atoms with Crippen molar-refractivity contribution in [3.8, 4) is 23.1 Å². The van der Waals surface area contributed by atoms with Crippen molar-refractivity contribution in [1.82, 2.24) is 9.97 Å². The van der Waals surface area contributed by atoms with E-state index < -0.39 is 6.36 Å². The molecule has 2 fully saturated rings. The van der Waals surface area contributed by atoms with E-state index >= 15 is 0 Å². The van der Waals surface area contributed by atoms with Crippen molar-refractivity contribution >= 4 is 11.7 Å². The predicted octanol–water partition coefficient (Wildman–Crippen LogP) is 6.78. The molecule has 1 saturated heterocycles. The van der Waals surface area contributed by atoms with Gasteiger partial charge in [0, 0.05) is 31.0 Å². The molecule has 2 aromatic heterocycles. The highest BCUT2D eigenvalue weighted by Crippen LogP contribution is 2.37. The zero-order valence-corrected chi connectivity index (χ0v) is 21.0. The van der Waals surface area contributed by atoms with Crippen LogP contribution < -0.4 is 15.0 Å². The molecule has 3 atom stereocenters. The normalized spacial score (nSPS) is 22.1. The van der Waals surface area contributed by atoms with Crippen LogP contribution in [0.4, 0.5) is 24.9 Å². The van der Waals surface area contributed by atoms with E-state index in [-0.39, 0.29) is 23.1 Å². The fourth-order valence-electron chi connectivity index (χ4n) is 5.78. The molecule has 0 amide bonds.